The molecule has 2 N–H and O–H groups in total. The third-order valence-electron chi connectivity index (χ3n) is 3.11. The van der Waals surface area contributed by atoms with Crippen LogP contribution < -0.4 is 10.6 Å². The van der Waals surface area contributed by atoms with Crippen molar-refractivity contribution in [3.05, 3.63) is 64.3 Å². The number of hydrogen-bond acceptors (Lipinski definition) is 4. The first-order chi connectivity index (χ1) is 11.6. The first-order valence-electron chi connectivity index (χ1n) is 7.01. The van der Waals surface area contributed by atoms with Gasteiger partial charge in [-0.2, -0.15) is 0 Å². The molecule has 24 heavy (non-hydrogen) atoms. The highest BCUT2D eigenvalue weighted by Gasteiger charge is 2.07. The highest BCUT2D eigenvalue weighted by Crippen LogP contribution is 2.21. The van der Waals surface area contributed by atoms with Gasteiger partial charge in [0, 0.05) is 10.0 Å². The summed E-state index contributed by atoms with van der Waals surface area (Å²) in [6.45, 7) is 0.969. The van der Waals surface area contributed by atoms with Crippen LogP contribution in [-0.4, -0.2) is 19.9 Å². The lowest BCUT2D eigenvalue weighted by atomic mass is 10.2. The second-order valence-corrected chi connectivity index (χ2v) is 6.14. The number of benzene rings is 1. The molecule has 124 valence electrons. The average Bonchev–Trinajstić information content (AvgIpc) is 3.20. The van der Waals surface area contributed by atoms with Crippen molar-refractivity contribution in [1.82, 2.24) is 20.1 Å². The highest BCUT2D eigenvalue weighted by atomic mass is 35.5. The number of rotatable bonds is 5. The number of halogens is 2. The number of anilines is 1. The molecule has 0 atom stereocenters. The predicted molar refractivity (Wildman–Crippen MR) is 97.4 cm³/mol. The molecule has 2 aromatic heterocycles. The normalized spacial score (nSPS) is 10.6. The molecule has 0 spiro atoms. The van der Waals surface area contributed by atoms with Crippen LogP contribution in [-0.2, 0) is 13.1 Å². The van der Waals surface area contributed by atoms with Crippen molar-refractivity contribution in [2.24, 2.45) is 0 Å². The first-order valence-corrected chi connectivity index (χ1v) is 8.17. The summed E-state index contributed by atoms with van der Waals surface area (Å²) in [5.41, 5.74) is 0.899. The molecule has 0 aliphatic rings. The second-order valence-electron chi connectivity index (χ2n) is 4.89. The topological polar surface area (TPSA) is 67.9 Å². The van der Waals surface area contributed by atoms with Crippen LogP contribution in [0.3, 0.4) is 0 Å². The van der Waals surface area contributed by atoms with Crippen LogP contribution >= 0.6 is 35.4 Å². The summed E-state index contributed by atoms with van der Waals surface area (Å²) in [4.78, 5) is 4.17. The van der Waals surface area contributed by atoms with Gasteiger partial charge in [-0.1, -0.05) is 29.3 Å². The predicted octanol–water partition coefficient (Wildman–Crippen LogP) is 3.71. The van der Waals surface area contributed by atoms with Crippen molar-refractivity contribution in [1.29, 1.82) is 0 Å². The molecule has 6 nitrogen and oxygen atoms in total. The summed E-state index contributed by atoms with van der Waals surface area (Å²) in [5.74, 6) is 1.19. The van der Waals surface area contributed by atoms with Crippen LogP contribution in [0, 0.1) is 0 Å². The Balaban J connectivity index is 1.56. The summed E-state index contributed by atoms with van der Waals surface area (Å²) in [6.07, 6.45) is 3.21. The number of aromatic nitrogens is 3. The molecular formula is C15H13Cl2N5OS. The molecule has 2 heterocycles. The van der Waals surface area contributed by atoms with E-state index in [2.05, 4.69) is 20.7 Å². The van der Waals surface area contributed by atoms with Crippen molar-refractivity contribution in [2.45, 2.75) is 13.1 Å². The zero-order valence-electron chi connectivity index (χ0n) is 12.4. The Morgan fingerprint density at radius 2 is 2.17 bits per heavy atom. The van der Waals surface area contributed by atoms with E-state index in [9.17, 15) is 0 Å². The number of nitrogens with zero attached hydrogens (tertiary/aromatic N) is 3. The lowest BCUT2D eigenvalue weighted by Crippen LogP contribution is -2.28. The third-order valence-corrected chi connectivity index (χ3v) is 3.95. The standard InChI is InChI=1S/C15H13Cl2N5OS/c16-11-4-3-10(13(17)6-11)8-22-9-19-14(21-22)20-15(24)18-7-12-2-1-5-23-12/h1-6,9H,7-8H2,(H2,18,20,21,24). The van der Waals surface area contributed by atoms with Gasteiger partial charge in [-0.25, -0.2) is 9.67 Å². The van der Waals surface area contributed by atoms with Gasteiger partial charge in [0.05, 0.1) is 19.4 Å². The van der Waals surface area contributed by atoms with E-state index in [0.29, 0.717) is 34.2 Å². The maximum atomic E-state index is 6.16. The van der Waals surface area contributed by atoms with Gasteiger partial charge in [-0.15, -0.1) is 5.10 Å². The Morgan fingerprint density at radius 3 is 2.92 bits per heavy atom. The largest absolute Gasteiger partial charge is 0.467 e. The van der Waals surface area contributed by atoms with Crippen LogP contribution in [0.1, 0.15) is 11.3 Å². The second kappa shape index (κ2) is 7.65. The van der Waals surface area contributed by atoms with Crippen molar-refractivity contribution in [2.75, 3.05) is 5.32 Å². The Morgan fingerprint density at radius 1 is 1.29 bits per heavy atom. The van der Waals surface area contributed by atoms with E-state index in [0.717, 1.165) is 11.3 Å². The monoisotopic (exact) mass is 381 g/mol. The van der Waals surface area contributed by atoms with Gasteiger partial charge in [0.25, 0.3) is 0 Å². The van der Waals surface area contributed by atoms with Gasteiger partial charge < -0.3 is 9.73 Å². The van der Waals surface area contributed by atoms with E-state index in [-0.39, 0.29) is 0 Å². The molecule has 0 saturated carbocycles. The fourth-order valence-electron chi connectivity index (χ4n) is 1.98. The smallest absolute Gasteiger partial charge is 0.248 e. The SMILES string of the molecule is S=C(NCc1ccco1)Nc1ncn(Cc2ccc(Cl)cc2Cl)n1. The van der Waals surface area contributed by atoms with Crippen LogP contribution in [0.5, 0.6) is 0 Å². The lowest BCUT2D eigenvalue weighted by molar-refractivity contribution is 0.503. The summed E-state index contributed by atoms with van der Waals surface area (Å²) in [5, 5.41) is 11.8. The minimum Gasteiger partial charge on any atom is -0.467 e. The van der Waals surface area contributed by atoms with Gasteiger partial charge in [-0.3, -0.25) is 5.32 Å². The molecule has 9 heteroatoms. The number of hydrogen-bond donors (Lipinski definition) is 2. The maximum Gasteiger partial charge on any atom is 0.248 e. The Kier molecular flexibility index (Phi) is 5.34. The van der Waals surface area contributed by atoms with Gasteiger partial charge in [0.15, 0.2) is 5.11 Å². The molecule has 0 unspecified atom stereocenters. The molecule has 1 aromatic carbocycles. The molecule has 0 radical (unpaired) electrons. The quantitative estimate of drug-likeness (QED) is 0.656. The molecule has 0 bridgehead atoms. The maximum absolute atomic E-state index is 6.16. The highest BCUT2D eigenvalue weighted by molar-refractivity contribution is 7.80. The average molecular weight is 382 g/mol. The molecule has 0 amide bonds. The van der Waals surface area contributed by atoms with Crippen molar-refractivity contribution in [3.63, 3.8) is 0 Å². The van der Waals surface area contributed by atoms with Crippen LogP contribution in [0.2, 0.25) is 10.0 Å². The fourth-order valence-corrected chi connectivity index (χ4v) is 2.61. The molecule has 3 aromatic rings. The zero-order chi connectivity index (χ0) is 16.9. The summed E-state index contributed by atoms with van der Waals surface area (Å²) >= 11 is 17.2. The number of thiocarbonyl (C=S) groups is 1. The molecule has 0 saturated heterocycles. The van der Waals surface area contributed by atoms with Crippen LogP contribution in [0.25, 0.3) is 0 Å². The van der Waals surface area contributed by atoms with E-state index >= 15 is 0 Å². The fraction of sp³-hybridized carbons (Fsp3) is 0.133. The lowest BCUT2D eigenvalue weighted by Gasteiger charge is -2.06. The van der Waals surface area contributed by atoms with Gasteiger partial charge in [0.2, 0.25) is 5.95 Å². The third kappa shape index (κ3) is 4.47. The van der Waals surface area contributed by atoms with Crippen LogP contribution in [0.15, 0.2) is 47.3 Å². The van der Waals surface area contributed by atoms with Crippen LogP contribution in [0.4, 0.5) is 5.95 Å². The van der Waals surface area contributed by atoms with Crippen molar-refractivity contribution < 1.29 is 4.42 Å². The van der Waals surface area contributed by atoms with Gasteiger partial charge >= 0.3 is 0 Å². The van der Waals surface area contributed by atoms with E-state index in [1.807, 2.05) is 18.2 Å². The zero-order valence-corrected chi connectivity index (χ0v) is 14.7. The number of nitrogens with one attached hydrogen (secondary N) is 2. The molecule has 0 aliphatic carbocycles. The summed E-state index contributed by atoms with van der Waals surface area (Å²) < 4.78 is 6.88. The Hall–Kier alpha value is -2.09. The first kappa shape index (κ1) is 16.8. The Bertz CT molecular complexity index is 834. The number of furan rings is 1. The van der Waals surface area contributed by atoms with E-state index < -0.39 is 0 Å². The summed E-state index contributed by atoms with van der Waals surface area (Å²) in [7, 11) is 0. The van der Waals surface area contributed by atoms with E-state index in [1.54, 1.807) is 29.4 Å². The summed E-state index contributed by atoms with van der Waals surface area (Å²) in [6, 6.07) is 9.01. The van der Waals surface area contributed by atoms with Crippen molar-refractivity contribution in [3.8, 4) is 0 Å². The van der Waals surface area contributed by atoms with E-state index in [1.165, 1.54) is 0 Å². The molecule has 3 rings (SSSR count). The molecular weight excluding hydrogens is 369 g/mol. The van der Waals surface area contributed by atoms with E-state index in [4.69, 9.17) is 39.8 Å². The minimum atomic E-state index is 0.400. The van der Waals surface area contributed by atoms with Gasteiger partial charge in [-0.05, 0) is 42.0 Å². The molecule has 0 aliphatic heterocycles. The van der Waals surface area contributed by atoms with Gasteiger partial charge in [0.1, 0.15) is 12.1 Å². The Labute approximate surface area is 153 Å². The minimum absolute atomic E-state index is 0.400. The van der Waals surface area contributed by atoms with Crippen molar-refractivity contribution >= 4 is 46.5 Å². The molecule has 0 fully saturated rings.